The number of carbonyl (C=O) groups is 1. The van der Waals surface area contributed by atoms with E-state index < -0.39 is 12.0 Å². The van der Waals surface area contributed by atoms with Gasteiger partial charge in [0.2, 0.25) is 5.78 Å². The van der Waals surface area contributed by atoms with Crippen molar-refractivity contribution in [2.75, 3.05) is 0 Å². The Kier molecular flexibility index (Phi) is 2.76. The fourth-order valence-electron chi connectivity index (χ4n) is 1.30. The number of imidazole rings is 1. The number of rotatable bonds is 3. The summed E-state index contributed by atoms with van der Waals surface area (Å²) in [6.45, 7) is 0. The van der Waals surface area contributed by atoms with Crippen LogP contribution in [-0.2, 0) is 11.2 Å². The van der Waals surface area contributed by atoms with Gasteiger partial charge in [-0.3, -0.25) is 9.20 Å². The number of aromatic nitrogens is 3. The molecule has 0 radical (unpaired) electrons. The zero-order chi connectivity index (χ0) is 11.7. The molecule has 84 valence electrons. The monoisotopic (exact) mass is 240 g/mol. The molecule has 2 rings (SSSR count). The highest BCUT2D eigenvalue weighted by Gasteiger charge is 2.13. The molecule has 0 saturated carbocycles. The fraction of sp³-hybridized carbons (Fsp3) is 0.222. The molecule has 6 nitrogen and oxygen atoms in total. The van der Waals surface area contributed by atoms with E-state index in [9.17, 15) is 4.79 Å². The van der Waals surface area contributed by atoms with Gasteiger partial charge in [0.25, 0.3) is 0 Å². The van der Waals surface area contributed by atoms with Crippen molar-refractivity contribution < 1.29 is 9.90 Å². The van der Waals surface area contributed by atoms with Gasteiger partial charge in [0.1, 0.15) is 11.2 Å². The van der Waals surface area contributed by atoms with Crippen molar-refractivity contribution in [2.45, 2.75) is 12.5 Å². The van der Waals surface area contributed by atoms with Crippen molar-refractivity contribution in [1.82, 2.24) is 14.4 Å². The summed E-state index contributed by atoms with van der Waals surface area (Å²) in [4.78, 5) is 18.7. The lowest BCUT2D eigenvalue weighted by molar-refractivity contribution is -0.138. The molecule has 0 aliphatic carbocycles. The van der Waals surface area contributed by atoms with Crippen LogP contribution < -0.4 is 5.73 Å². The van der Waals surface area contributed by atoms with Gasteiger partial charge in [-0.1, -0.05) is 11.6 Å². The maximum atomic E-state index is 10.6. The average molecular weight is 241 g/mol. The summed E-state index contributed by atoms with van der Waals surface area (Å²) < 4.78 is 1.59. The topological polar surface area (TPSA) is 93.5 Å². The highest BCUT2D eigenvalue weighted by Crippen LogP contribution is 2.11. The van der Waals surface area contributed by atoms with E-state index in [0.717, 1.165) is 0 Å². The second kappa shape index (κ2) is 4.07. The largest absolute Gasteiger partial charge is 0.480 e. The average Bonchev–Trinajstić information content (AvgIpc) is 2.60. The summed E-state index contributed by atoms with van der Waals surface area (Å²) in [6.07, 6.45) is 3.32. The van der Waals surface area contributed by atoms with Gasteiger partial charge in [0, 0.05) is 18.3 Å². The molecule has 7 heteroatoms. The standard InChI is InChI=1S/C9H9ClN4O2/c10-7-4-12-9-13-5(1-2-14(7)9)3-6(11)8(15)16/h1-2,4,6H,3,11H2,(H,15,16). The first-order valence-electron chi connectivity index (χ1n) is 4.55. The molecule has 2 aromatic rings. The Morgan fingerprint density at radius 1 is 1.69 bits per heavy atom. The molecule has 3 N–H and O–H groups in total. The minimum Gasteiger partial charge on any atom is -0.480 e. The Balaban J connectivity index is 2.29. The molecule has 1 unspecified atom stereocenters. The zero-order valence-corrected chi connectivity index (χ0v) is 8.92. The third-order valence-electron chi connectivity index (χ3n) is 2.14. The van der Waals surface area contributed by atoms with Crippen molar-refractivity contribution in [3.05, 3.63) is 29.3 Å². The van der Waals surface area contributed by atoms with Crippen LogP contribution in [0.15, 0.2) is 18.5 Å². The summed E-state index contributed by atoms with van der Waals surface area (Å²) in [6, 6.07) is 0.712. The Bertz CT molecular complexity index is 539. The van der Waals surface area contributed by atoms with Crippen LogP contribution in [0.2, 0.25) is 5.15 Å². The van der Waals surface area contributed by atoms with Crippen molar-refractivity contribution in [3.63, 3.8) is 0 Å². The van der Waals surface area contributed by atoms with Gasteiger partial charge >= 0.3 is 5.97 Å². The maximum Gasteiger partial charge on any atom is 0.320 e. The van der Waals surface area contributed by atoms with Crippen LogP contribution in [0.5, 0.6) is 0 Å². The van der Waals surface area contributed by atoms with E-state index >= 15 is 0 Å². The summed E-state index contributed by atoms with van der Waals surface area (Å²) in [7, 11) is 0. The van der Waals surface area contributed by atoms with E-state index in [1.54, 1.807) is 16.7 Å². The number of carboxylic acids is 1. The molecule has 0 saturated heterocycles. The molecular formula is C9H9ClN4O2. The van der Waals surface area contributed by atoms with Crippen molar-refractivity contribution >= 4 is 23.3 Å². The second-order valence-corrected chi connectivity index (χ2v) is 3.71. The Morgan fingerprint density at radius 3 is 3.12 bits per heavy atom. The number of nitrogens with zero attached hydrogens (tertiary/aromatic N) is 3. The third-order valence-corrected chi connectivity index (χ3v) is 2.42. The minimum absolute atomic E-state index is 0.163. The number of aliphatic carboxylic acids is 1. The first kappa shape index (κ1) is 10.8. The molecule has 0 bridgehead atoms. The molecule has 0 aliphatic rings. The quantitative estimate of drug-likeness (QED) is 0.807. The number of hydrogen-bond donors (Lipinski definition) is 2. The summed E-state index contributed by atoms with van der Waals surface area (Å²) in [5, 5.41) is 9.12. The molecule has 0 amide bonds. The van der Waals surface area contributed by atoms with E-state index in [2.05, 4.69) is 9.97 Å². The number of carboxylic acid groups (broad SMARTS) is 1. The summed E-state index contributed by atoms with van der Waals surface area (Å²) in [5.74, 6) is -0.622. The predicted molar refractivity (Wildman–Crippen MR) is 57.3 cm³/mol. The van der Waals surface area contributed by atoms with Crippen LogP contribution in [-0.4, -0.2) is 31.5 Å². The number of fused-ring (bicyclic) bond motifs is 1. The second-order valence-electron chi connectivity index (χ2n) is 3.32. The highest BCUT2D eigenvalue weighted by atomic mass is 35.5. The van der Waals surface area contributed by atoms with Crippen LogP contribution in [0.4, 0.5) is 0 Å². The third kappa shape index (κ3) is 1.98. The van der Waals surface area contributed by atoms with E-state index in [0.29, 0.717) is 16.6 Å². The van der Waals surface area contributed by atoms with Gasteiger partial charge in [-0.2, -0.15) is 0 Å². The first-order valence-corrected chi connectivity index (χ1v) is 4.92. The summed E-state index contributed by atoms with van der Waals surface area (Å²) in [5.41, 5.74) is 5.98. The minimum atomic E-state index is -1.05. The van der Waals surface area contributed by atoms with Gasteiger partial charge in [-0.25, -0.2) is 9.97 Å². The van der Waals surface area contributed by atoms with Crippen LogP contribution in [0.3, 0.4) is 0 Å². The van der Waals surface area contributed by atoms with E-state index in [1.807, 2.05) is 0 Å². The molecule has 2 heterocycles. The van der Waals surface area contributed by atoms with Gasteiger partial charge < -0.3 is 10.8 Å². The predicted octanol–water partition coefficient (Wildman–Crippen LogP) is 0.337. The van der Waals surface area contributed by atoms with Gasteiger partial charge in [0.05, 0.1) is 6.20 Å². The van der Waals surface area contributed by atoms with Crippen LogP contribution in [0, 0.1) is 0 Å². The van der Waals surface area contributed by atoms with Gasteiger partial charge in [0.15, 0.2) is 0 Å². The Morgan fingerprint density at radius 2 is 2.44 bits per heavy atom. The molecule has 1 atom stereocenters. The first-order chi connectivity index (χ1) is 7.58. The fourth-order valence-corrected chi connectivity index (χ4v) is 1.48. The van der Waals surface area contributed by atoms with Gasteiger partial charge in [-0.05, 0) is 6.07 Å². The van der Waals surface area contributed by atoms with E-state index in [4.69, 9.17) is 22.4 Å². The lowest BCUT2D eigenvalue weighted by Crippen LogP contribution is -2.32. The number of hydrogen-bond acceptors (Lipinski definition) is 4. The highest BCUT2D eigenvalue weighted by molar-refractivity contribution is 6.29. The molecule has 0 aromatic carbocycles. The normalized spacial score (nSPS) is 12.9. The number of halogens is 1. The molecule has 16 heavy (non-hydrogen) atoms. The van der Waals surface area contributed by atoms with Crippen molar-refractivity contribution in [1.29, 1.82) is 0 Å². The van der Waals surface area contributed by atoms with Crippen LogP contribution >= 0.6 is 11.6 Å². The molecule has 0 aliphatic heterocycles. The van der Waals surface area contributed by atoms with Crippen LogP contribution in [0.1, 0.15) is 5.69 Å². The van der Waals surface area contributed by atoms with E-state index in [-0.39, 0.29) is 6.42 Å². The number of nitrogens with two attached hydrogens (primary N) is 1. The molecule has 2 aromatic heterocycles. The van der Waals surface area contributed by atoms with Gasteiger partial charge in [-0.15, -0.1) is 0 Å². The Hall–Kier alpha value is -1.66. The summed E-state index contributed by atoms with van der Waals surface area (Å²) >= 11 is 5.82. The van der Waals surface area contributed by atoms with E-state index in [1.165, 1.54) is 6.20 Å². The lowest BCUT2D eigenvalue weighted by atomic mass is 10.2. The zero-order valence-electron chi connectivity index (χ0n) is 8.17. The molecule has 0 spiro atoms. The Labute approximate surface area is 95.7 Å². The SMILES string of the molecule is NC(Cc1ccn2c(Cl)cnc2n1)C(=O)O. The molecular weight excluding hydrogens is 232 g/mol. The van der Waals surface area contributed by atoms with Crippen molar-refractivity contribution in [2.24, 2.45) is 5.73 Å². The van der Waals surface area contributed by atoms with Crippen LogP contribution in [0.25, 0.3) is 5.78 Å². The molecule has 0 fully saturated rings. The maximum absolute atomic E-state index is 10.6. The smallest absolute Gasteiger partial charge is 0.320 e. The van der Waals surface area contributed by atoms with Crippen molar-refractivity contribution in [3.8, 4) is 0 Å². The lowest BCUT2D eigenvalue weighted by Gasteiger charge is -2.05.